The largest absolute Gasteiger partial charge is 0.497 e. The van der Waals surface area contributed by atoms with Gasteiger partial charge in [-0.2, -0.15) is 0 Å². The molecule has 1 aliphatic rings. The minimum Gasteiger partial charge on any atom is -0.424 e. The molecule has 0 atom stereocenters. The third kappa shape index (κ3) is 4.97. The van der Waals surface area contributed by atoms with Gasteiger partial charge in [-0.25, -0.2) is 15.0 Å². The smallest absolute Gasteiger partial charge is 0.424 e. The van der Waals surface area contributed by atoms with E-state index in [9.17, 15) is 4.79 Å². The van der Waals surface area contributed by atoms with Gasteiger partial charge in [-0.15, -0.1) is 0 Å². The molecule has 0 bridgehead atoms. The van der Waals surface area contributed by atoms with Crippen molar-refractivity contribution in [2.45, 2.75) is 52.2 Å². The Balaban J connectivity index is 1.68. The number of nitrogens with zero attached hydrogens (tertiary/aromatic N) is 3. The fourth-order valence-electron chi connectivity index (χ4n) is 4.18. The maximum absolute atomic E-state index is 12.1. The van der Waals surface area contributed by atoms with Crippen molar-refractivity contribution in [1.29, 1.82) is 0 Å². The van der Waals surface area contributed by atoms with Crippen LogP contribution in [0.1, 0.15) is 52.2 Å². The number of ether oxygens (including phenoxy) is 1. The van der Waals surface area contributed by atoms with Gasteiger partial charge in [0.2, 0.25) is 0 Å². The fourth-order valence-corrected chi connectivity index (χ4v) is 4.18. The van der Waals surface area contributed by atoms with Crippen molar-refractivity contribution in [1.82, 2.24) is 9.97 Å². The Morgan fingerprint density at radius 3 is 2.00 bits per heavy atom. The molecule has 5 rings (SSSR count). The van der Waals surface area contributed by atoms with Crippen LogP contribution in [0.15, 0.2) is 84.0 Å². The van der Waals surface area contributed by atoms with E-state index >= 15 is 0 Å². The van der Waals surface area contributed by atoms with E-state index in [4.69, 9.17) is 24.0 Å². The number of rotatable bonds is 6. The molecule has 8 heteroatoms. The second-order valence-electron chi connectivity index (χ2n) is 10.2. The van der Waals surface area contributed by atoms with Crippen molar-refractivity contribution in [2.24, 2.45) is 4.99 Å². The zero-order valence-electron chi connectivity index (χ0n) is 22.3. The molecule has 3 aromatic carbocycles. The highest BCUT2D eigenvalue weighted by molar-refractivity contribution is 6.65. The maximum Gasteiger partial charge on any atom is 0.497 e. The van der Waals surface area contributed by atoms with Crippen LogP contribution in [0.25, 0.3) is 11.0 Å². The Hall–Kier alpha value is -3.88. The van der Waals surface area contributed by atoms with Crippen LogP contribution >= 0.6 is 0 Å². The first-order valence-corrected chi connectivity index (χ1v) is 12.7. The standard InChI is InChI=1S/C30H30BN3O4/c1-6-25(35)36-23-18-17-22(31-37-29(2,3)30(4,5)38-31)27-28(23)32-19-24(34-27)33-26(20-13-9-7-10-14-20)21-15-11-8-12-16-21/h7-19H,6H2,1-5H3. The zero-order chi connectivity index (χ0) is 26.9. The summed E-state index contributed by atoms with van der Waals surface area (Å²) < 4.78 is 18.2. The summed E-state index contributed by atoms with van der Waals surface area (Å²) in [7, 11) is -0.672. The number of aromatic nitrogens is 2. The molecule has 1 saturated heterocycles. The molecule has 192 valence electrons. The quantitative estimate of drug-likeness (QED) is 0.150. The van der Waals surface area contributed by atoms with E-state index in [0.717, 1.165) is 16.8 Å². The van der Waals surface area contributed by atoms with Crippen molar-refractivity contribution >= 4 is 41.1 Å². The van der Waals surface area contributed by atoms with Crippen molar-refractivity contribution in [3.05, 3.63) is 90.1 Å². The van der Waals surface area contributed by atoms with Crippen LogP contribution < -0.4 is 10.2 Å². The first-order chi connectivity index (χ1) is 18.2. The van der Waals surface area contributed by atoms with E-state index in [2.05, 4.69) is 4.98 Å². The van der Waals surface area contributed by atoms with Crippen LogP contribution in [0.3, 0.4) is 0 Å². The van der Waals surface area contributed by atoms with Gasteiger partial charge in [0.1, 0.15) is 5.52 Å². The van der Waals surface area contributed by atoms with Gasteiger partial charge in [0.25, 0.3) is 0 Å². The third-order valence-electron chi connectivity index (χ3n) is 7.02. The summed E-state index contributed by atoms with van der Waals surface area (Å²) in [5.74, 6) is 0.396. The summed E-state index contributed by atoms with van der Waals surface area (Å²) in [5, 5.41) is 0. The molecule has 0 unspecified atom stereocenters. The van der Waals surface area contributed by atoms with Gasteiger partial charge < -0.3 is 14.0 Å². The first-order valence-electron chi connectivity index (χ1n) is 12.7. The van der Waals surface area contributed by atoms with Gasteiger partial charge >= 0.3 is 13.1 Å². The van der Waals surface area contributed by atoms with Crippen LogP contribution in [0.4, 0.5) is 5.82 Å². The molecule has 0 aliphatic carbocycles. The summed E-state index contributed by atoms with van der Waals surface area (Å²) in [6.45, 7) is 9.75. The normalized spacial score (nSPS) is 15.9. The topological polar surface area (TPSA) is 82.9 Å². The Kier molecular flexibility index (Phi) is 6.86. The van der Waals surface area contributed by atoms with Gasteiger partial charge in [-0.1, -0.05) is 73.7 Å². The van der Waals surface area contributed by atoms with Crippen LogP contribution in [0.5, 0.6) is 5.75 Å². The molecule has 1 aliphatic heterocycles. The monoisotopic (exact) mass is 507 g/mol. The lowest BCUT2D eigenvalue weighted by Crippen LogP contribution is -2.41. The molecule has 1 fully saturated rings. The molecule has 7 nitrogen and oxygen atoms in total. The molecule has 0 saturated carbocycles. The molecule has 1 aromatic heterocycles. The highest BCUT2D eigenvalue weighted by atomic mass is 16.7. The van der Waals surface area contributed by atoms with E-state index in [1.165, 1.54) is 0 Å². The lowest BCUT2D eigenvalue weighted by Gasteiger charge is -2.32. The number of hydrogen-bond donors (Lipinski definition) is 0. The number of benzene rings is 3. The lowest BCUT2D eigenvalue weighted by molar-refractivity contribution is -0.133. The van der Waals surface area contributed by atoms with Gasteiger partial charge in [0.15, 0.2) is 11.6 Å². The summed E-state index contributed by atoms with van der Waals surface area (Å²) in [5.41, 5.74) is 3.26. The third-order valence-corrected chi connectivity index (χ3v) is 7.02. The second-order valence-corrected chi connectivity index (χ2v) is 10.2. The summed E-state index contributed by atoms with van der Waals surface area (Å²) in [6, 6.07) is 23.4. The molecule has 38 heavy (non-hydrogen) atoms. The summed E-state index contributed by atoms with van der Waals surface area (Å²) >= 11 is 0. The molecule has 2 heterocycles. The Morgan fingerprint density at radius 1 is 0.868 bits per heavy atom. The zero-order valence-corrected chi connectivity index (χ0v) is 22.3. The minimum absolute atomic E-state index is 0.244. The first kappa shape index (κ1) is 25.8. The van der Waals surface area contributed by atoms with Crippen molar-refractivity contribution in [2.75, 3.05) is 0 Å². The van der Waals surface area contributed by atoms with Gasteiger partial charge in [-0.05, 0) is 33.8 Å². The highest BCUT2D eigenvalue weighted by Gasteiger charge is 2.52. The number of carbonyl (C=O) groups excluding carboxylic acids is 1. The summed E-state index contributed by atoms with van der Waals surface area (Å²) in [6.07, 6.45) is 1.83. The fraction of sp³-hybridized carbons (Fsp3) is 0.267. The van der Waals surface area contributed by atoms with Crippen molar-refractivity contribution in [3.8, 4) is 5.75 Å². The van der Waals surface area contributed by atoms with Crippen LogP contribution in [-0.2, 0) is 14.1 Å². The van der Waals surface area contributed by atoms with E-state index in [1.807, 2.05) is 94.4 Å². The predicted molar refractivity (Wildman–Crippen MR) is 149 cm³/mol. The Morgan fingerprint density at radius 2 is 1.45 bits per heavy atom. The van der Waals surface area contributed by atoms with E-state index in [1.54, 1.807) is 19.2 Å². The number of fused-ring (bicyclic) bond motifs is 1. The molecular weight excluding hydrogens is 477 g/mol. The van der Waals surface area contributed by atoms with Gasteiger partial charge in [0.05, 0.1) is 28.6 Å². The average Bonchev–Trinajstić information content (AvgIpc) is 3.14. The van der Waals surface area contributed by atoms with Crippen LogP contribution in [-0.4, -0.2) is 40.0 Å². The van der Waals surface area contributed by atoms with E-state index in [0.29, 0.717) is 28.1 Å². The number of carbonyl (C=O) groups is 1. The Bertz CT molecular complexity index is 1450. The maximum atomic E-state index is 12.1. The molecule has 4 aromatic rings. The number of hydrogen-bond acceptors (Lipinski definition) is 7. The molecule has 0 spiro atoms. The SMILES string of the molecule is CCC(=O)Oc1ccc(B2OC(C)(C)C(C)(C)O2)c2nc(N=C(c3ccccc3)c3ccccc3)cnc12. The number of esters is 1. The molecule has 0 radical (unpaired) electrons. The lowest BCUT2D eigenvalue weighted by atomic mass is 9.78. The summed E-state index contributed by atoms with van der Waals surface area (Å²) in [4.78, 5) is 26.6. The van der Waals surface area contributed by atoms with E-state index in [-0.39, 0.29) is 12.4 Å². The van der Waals surface area contributed by atoms with Crippen molar-refractivity contribution < 1.29 is 18.8 Å². The number of aliphatic imine (C=N–C) groups is 1. The van der Waals surface area contributed by atoms with Crippen molar-refractivity contribution in [3.63, 3.8) is 0 Å². The van der Waals surface area contributed by atoms with Crippen LogP contribution in [0.2, 0.25) is 0 Å². The molecule has 0 amide bonds. The predicted octanol–water partition coefficient (Wildman–Crippen LogP) is 5.41. The highest BCUT2D eigenvalue weighted by Crippen LogP contribution is 2.37. The minimum atomic E-state index is -0.672. The second kappa shape index (κ2) is 10.1. The van der Waals surface area contributed by atoms with Gasteiger partial charge in [0, 0.05) is 23.0 Å². The molecule has 0 N–H and O–H groups in total. The van der Waals surface area contributed by atoms with Gasteiger partial charge in [-0.3, -0.25) is 4.79 Å². The Labute approximate surface area is 223 Å². The average molecular weight is 507 g/mol. The van der Waals surface area contributed by atoms with E-state index < -0.39 is 18.3 Å². The molecular formula is C30H30BN3O4. The van der Waals surface area contributed by atoms with Crippen LogP contribution in [0, 0.1) is 0 Å².